The van der Waals surface area contributed by atoms with Gasteiger partial charge in [-0.15, -0.1) is 0 Å². The van der Waals surface area contributed by atoms with E-state index in [1.54, 1.807) is 0 Å². The second-order valence-corrected chi connectivity index (χ2v) is 6.91. The minimum absolute atomic E-state index is 0.330. The number of aromatic nitrogens is 2. The summed E-state index contributed by atoms with van der Waals surface area (Å²) in [5.74, 6) is 1.29. The Morgan fingerprint density at radius 3 is 2.94 bits per heavy atom. The first-order valence-electron chi connectivity index (χ1n) is 7.09. The van der Waals surface area contributed by atoms with E-state index in [1.807, 2.05) is 10.9 Å². The molecule has 3 nitrogen and oxygen atoms in total. The molecule has 2 atom stereocenters. The summed E-state index contributed by atoms with van der Waals surface area (Å²) in [7, 11) is 0. The first-order valence-corrected chi connectivity index (χ1v) is 8.08. The molecule has 1 saturated heterocycles. The van der Waals surface area contributed by atoms with Gasteiger partial charge in [0.05, 0.1) is 6.20 Å². The highest BCUT2D eigenvalue weighted by atomic mass is 32.2. The molecule has 1 aliphatic rings. The summed E-state index contributed by atoms with van der Waals surface area (Å²) in [6.07, 6.45) is 8.07. The van der Waals surface area contributed by atoms with Crippen molar-refractivity contribution in [3.63, 3.8) is 0 Å². The molecule has 2 heterocycles. The van der Waals surface area contributed by atoms with Crippen molar-refractivity contribution in [2.24, 2.45) is 0 Å². The maximum atomic E-state index is 4.43. The van der Waals surface area contributed by atoms with Crippen molar-refractivity contribution in [2.75, 3.05) is 12.3 Å². The lowest BCUT2D eigenvalue weighted by Crippen LogP contribution is -2.37. The molecule has 102 valence electrons. The van der Waals surface area contributed by atoms with E-state index in [4.69, 9.17) is 0 Å². The van der Waals surface area contributed by atoms with E-state index in [1.165, 1.54) is 30.6 Å². The van der Waals surface area contributed by atoms with Gasteiger partial charge in [0, 0.05) is 29.1 Å². The second kappa shape index (κ2) is 6.11. The predicted octanol–water partition coefficient (Wildman–Crippen LogP) is 3.23. The fraction of sp³-hybridized carbons (Fsp3) is 0.786. The Labute approximate surface area is 115 Å². The van der Waals surface area contributed by atoms with E-state index >= 15 is 0 Å². The summed E-state index contributed by atoms with van der Waals surface area (Å²) in [6.45, 7) is 8.80. The Hall–Kier alpha value is -0.480. The summed E-state index contributed by atoms with van der Waals surface area (Å²) in [4.78, 5) is 0. The Morgan fingerprint density at radius 2 is 2.39 bits per heavy atom. The van der Waals surface area contributed by atoms with Crippen LogP contribution < -0.4 is 5.32 Å². The molecule has 0 spiro atoms. The summed E-state index contributed by atoms with van der Waals surface area (Å²) in [5, 5.41) is 8.16. The van der Waals surface area contributed by atoms with Crippen LogP contribution in [0.3, 0.4) is 0 Å². The second-order valence-electron chi connectivity index (χ2n) is 5.28. The Balaban J connectivity index is 2.18. The van der Waals surface area contributed by atoms with Crippen LogP contribution in [0.1, 0.15) is 51.6 Å². The monoisotopic (exact) mass is 267 g/mol. The third-order valence-corrected chi connectivity index (χ3v) is 5.36. The lowest BCUT2D eigenvalue weighted by Gasteiger charge is -2.33. The standard InChI is InChI=1S/C14H25N3S/c1-4-8-15-13(14(3)7-6-9-18-14)12-10-16-17(5-2)11-12/h10-11,13,15H,4-9H2,1-3H3. The maximum Gasteiger partial charge on any atom is 0.0538 e. The van der Waals surface area contributed by atoms with E-state index in [0.29, 0.717) is 10.8 Å². The molecular formula is C14H25N3S. The van der Waals surface area contributed by atoms with Crippen molar-refractivity contribution in [3.05, 3.63) is 18.0 Å². The highest BCUT2D eigenvalue weighted by Crippen LogP contribution is 2.46. The molecular weight excluding hydrogens is 242 g/mol. The van der Waals surface area contributed by atoms with E-state index in [0.717, 1.165) is 13.1 Å². The van der Waals surface area contributed by atoms with Gasteiger partial charge in [0.2, 0.25) is 0 Å². The molecule has 0 bridgehead atoms. The van der Waals surface area contributed by atoms with E-state index < -0.39 is 0 Å². The molecule has 0 amide bonds. The van der Waals surface area contributed by atoms with Crippen LogP contribution in [-0.2, 0) is 6.54 Å². The zero-order valence-electron chi connectivity index (χ0n) is 11.8. The third kappa shape index (κ3) is 2.91. The average molecular weight is 267 g/mol. The third-order valence-electron chi connectivity index (χ3n) is 3.77. The number of aryl methyl sites for hydroxylation is 1. The van der Waals surface area contributed by atoms with Crippen LogP contribution in [0.4, 0.5) is 0 Å². The lowest BCUT2D eigenvalue weighted by molar-refractivity contribution is 0.413. The minimum atomic E-state index is 0.330. The van der Waals surface area contributed by atoms with Gasteiger partial charge in [-0.25, -0.2) is 0 Å². The van der Waals surface area contributed by atoms with Gasteiger partial charge < -0.3 is 5.32 Å². The Bertz CT molecular complexity index is 369. The first-order chi connectivity index (χ1) is 8.69. The molecule has 1 fully saturated rings. The van der Waals surface area contributed by atoms with Crippen LogP contribution >= 0.6 is 11.8 Å². The van der Waals surface area contributed by atoms with Crippen LogP contribution in [-0.4, -0.2) is 26.8 Å². The molecule has 4 heteroatoms. The average Bonchev–Trinajstić information content (AvgIpc) is 2.99. The molecule has 1 aromatic rings. The SMILES string of the molecule is CCCNC(c1cnn(CC)c1)C1(C)CCCS1. The van der Waals surface area contributed by atoms with Gasteiger partial charge in [0.25, 0.3) is 0 Å². The first kappa shape index (κ1) is 13.9. The Kier molecular flexibility index (Phi) is 4.73. The van der Waals surface area contributed by atoms with Crippen LogP contribution in [0.15, 0.2) is 12.4 Å². The molecule has 0 radical (unpaired) electrons. The van der Waals surface area contributed by atoms with Crippen molar-refractivity contribution in [1.29, 1.82) is 0 Å². The summed E-state index contributed by atoms with van der Waals surface area (Å²) < 4.78 is 2.36. The number of thioether (sulfide) groups is 1. The number of hydrogen-bond donors (Lipinski definition) is 1. The van der Waals surface area contributed by atoms with Crippen molar-refractivity contribution < 1.29 is 0 Å². The zero-order valence-corrected chi connectivity index (χ0v) is 12.6. The fourth-order valence-electron chi connectivity index (χ4n) is 2.70. The maximum absolute atomic E-state index is 4.43. The number of nitrogens with zero attached hydrogens (tertiary/aromatic N) is 2. The van der Waals surface area contributed by atoms with Crippen molar-refractivity contribution >= 4 is 11.8 Å². The van der Waals surface area contributed by atoms with E-state index in [2.05, 4.69) is 49.1 Å². The highest BCUT2D eigenvalue weighted by molar-refractivity contribution is 8.00. The molecule has 0 aromatic carbocycles. The van der Waals surface area contributed by atoms with Crippen LogP contribution in [0, 0.1) is 0 Å². The zero-order chi connectivity index (χ0) is 13.0. The van der Waals surface area contributed by atoms with Gasteiger partial charge in [-0.3, -0.25) is 4.68 Å². The van der Waals surface area contributed by atoms with Crippen LogP contribution in [0.5, 0.6) is 0 Å². The molecule has 18 heavy (non-hydrogen) atoms. The Morgan fingerprint density at radius 1 is 1.56 bits per heavy atom. The topological polar surface area (TPSA) is 29.9 Å². The van der Waals surface area contributed by atoms with Gasteiger partial charge in [0.15, 0.2) is 0 Å². The molecule has 0 aliphatic carbocycles. The lowest BCUT2D eigenvalue weighted by atomic mass is 9.92. The molecule has 2 rings (SSSR count). The molecule has 1 aromatic heterocycles. The fourth-order valence-corrected chi connectivity index (χ4v) is 4.13. The van der Waals surface area contributed by atoms with Crippen LogP contribution in [0.25, 0.3) is 0 Å². The smallest absolute Gasteiger partial charge is 0.0538 e. The largest absolute Gasteiger partial charge is 0.309 e. The van der Waals surface area contributed by atoms with E-state index in [9.17, 15) is 0 Å². The molecule has 0 saturated carbocycles. The van der Waals surface area contributed by atoms with Crippen molar-refractivity contribution in [3.8, 4) is 0 Å². The molecule has 2 unspecified atom stereocenters. The number of nitrogens with one attached hydrogen (secondary N) is 1. The van der Waals surface area contributed by atoms with Crippen molar-refractivity contribution in [2.45, 2.75) is 57.4 Å². The molecule has 1 aliphatic heterocycles. The number of rotatable bonds is 6. The van der Waals surface area contributed by atoms with Gasteiger partial charge in [-0.2, -0.15) is 16.9 Å². The minimum Gasteiger partial charge on any atom is -0.309 e. The van der Waals surface area contributed by atoms with Gasteiger partial charge in [-0.1, -0.05) is 6.92 Å². The van der Waals surface area contributed by atoms with Crippen molar-refractivity contribution in [1.82, 2.24) is 15.1 Å². The van der Waals surface area contributed by atoms with Gasteiger partial charge >= 0.3 is 0 Å². The highest BCUT2D eigenvalue weighted by Gasteiger charge is 2.38. The van der Waals surface area contributed by atoms with Gasteiger partial charge in [0.1, 0.15) is 0 Å². The summed E-state index contributed by atoms with van der Waals surface area (Å²) in [6, 6.07) is 0.435. The normalized spacial score (nSPS) is 25.5. The quantitative estimate of drug-likeness (QED) is 0.858. The number of hydrogen-bond acceptors (Lipinski definition) is 3. The predicted molar refractivity (Wildman–Crippen MR) is 79.0 cm³/mol. The van der Waals surface area contributed by atoms with Gasteiger partial charge in [-0.05, 0) is 45.4 Å². The molecule has 1 N–H and O–H groups in total. The van der Waals surface area contributed by atoms with E-state index in [-0.39, 0.29) is 0 Å². The van der Waals surface area contributed by atoms with Crippen LogP contribution in [0.2, 0.25) is 0 Å². The summed E-state index contributed by atoms with van der Waals surface area (Å²) >= 11 is 2.12. The summed E-state index contributed by atoms with van der Waals surface area (Å²) in [5.41, 5.74) is 1.35.